The summed E-state index contributed by atoms with van der Waals surface area (Å²) in [4.78, 5) is 4.65. The Balaban J connectivity index is 2.10. The first-order valence-corrected chi connectivity index (χ1v) is 8.20. The van der Waals surface area contributed by atoms with Crippen molar-refractivity contribution in [2.45, 2.75) is 26.3 Å². The lowest BCUT2D eigenvalue weighted by atomic mass is 10.1. The molecule has 1 heterocycles. The van der Waals surface area contributed by atoms with Crippen LogP contribution in [0.15, 0.2) is 17.1 Å². The summed E-state index contributed by atoms with van der Waals surface area (Å²) in [7, 11) is 0. The smallest absolute Gasteiger partial charge is 0.161 e. The Morgan fingerprint density at radius 2 is 1.95 bits per heavy atom. The molecule has 19 heavy (non-hydrogen) atoms. The van der Waals surface area contributed by atoms with Crippen LogP contribution >= 0.6 is 46.6 Å². The quantitative estimate of drug-likeness (QED) is 0.779. The number of anilines is 1. The van der Waals surface area contributed by atoms with Crippen molar-refractivity contribution in [3.8, 4) is 0 Å². The molecule has 0 fully saturated rings. The molecule has 0 amide bonds. The van der Waals surface area contributed by atoms with Crippen molar-refractivity contribution >= 4 is 57.4 Å². The van der Waals surface area contributed by atoms with Crippen molar-refractivity contribution in [2.24, 2.45) is 10.9 Å². The van der Waals surface area contributed by atoms with E-state index in [9.17, 15) is 0 Å². The summed E-state index contributed by atoms with van der Waals surface area (Å²) in [5, 5.41) is 5.61. The van der Waals surface area contributed by atoms with E-state index < -0.39 is 0 Å². The molecule has 0 saturated carbocycles. The van der Waals surface area contributed by atoms with Crippen LogP contribution < -0.4 is 5.32 Å². The van der Waals surface area contributed by atoms with Crippen LogP contribution in [-0.2, 0) is 0 Å². The van der Waals surface area contributed by atoms with Gasteiger partial charge in [0.2, 0.25) is 0 Å². The standard InChI is InChI=1S/C13H15Cl3N2S/c1-7(2)3-9-6-19-13(17-9)18-12-10(15)4-8(14)5-11(12)16/h4-5,7,9H,3,6H2,1-2H3,(H,17,18). The Kier molecular flexibility index (Phi) is 5.29. The van der Waals surface area contributed by atoms with Gasteiger partial charge in [-0.25, -0.2) is 0 Å². The molecule has 6 heteroatoms. The van der Waals surface area contributed by atoms with E-state index in [0.29, 0.717) is 32.7 Å². The summed E-state index contributed by atoms with van der Waals surface area (Å²) in [6.45, 7) is 4.41. The van der Waals surface area contributed by atoms with Crippen molar-refractivity contribution in [2.75, 3.05) is 11.1 Å². The van der Waals surface area contributed by atoms with Gasteiger partial charge in [0.15, 0.2) is 5.17 Å². The van der Waals surface area contributed by atoms with Gasteiger partial charge in [0.1, 0.15) is 0 Å². The van der Waals surface area contributed by atoms with Gasteiger partial charge >= 0.3 is 0 Å². The van der Waals surface area contributed by atoms with E-state index in [1.165, 1.54) is 0 Å². The van der Waals surface area contributed by atoms with Crippen LogP contribution in [0.1, 0.15) is 20.3 Å². The molecular weight excluding hydrogens is 323 g/mol. The van der Waals surface area contributed by atoms with Crippen molar-refractivity contribution in [1.82, 2.24) is 0 Å². The van der Waals surface area contributed by atoms with E-state index in [1.807, 2.05) is 0 Å². The SMILES string of the molecule is CC(C)CC1CSC(Nc2c(Cl)cc(Cl)cc2Cl)=N1. The van der Waals surface area contributed by atoms with Crippen molar-refractivity contribution < 1.29 is 0 Å². The van der Waals surface area contributed by atoms with Crippen LogP contribution in [0, 0.1) is 5.92 Å². The number of amidine groups is 1. The molecule has 104 valence electrons. The predicted molar refractivity (Wildman–Crippen MR) is 88.2 cm³/mol. The van der Waals surface area contributed by atoms with E-state index in [0.717, 1.165) is 17.3 Å². The highest BCUT2D eigenvalue weighted by Crippen LogP contribution is 2.35. The molecule has 0 aromatic heterocycles. The number of hydrogen-bond acceptors (Lipinski definition) is 3. The Morgan fingerprint density at radius 1 is 1.32 bits per heavy atom. The number of nitrogens with zero attached hydrogens (tertiary/aromatic N) is 1. The second kappa shape index (κ2) is 6.57. The van der Waals surface area contributed by atoms with Crippen LogP contribution in [0.4, 0.5) is 5.69 Å². The molecule has 0 saturated heterocycles. The summed E-state index contributed by atoms with van der Waals surface area (Å²) < 4.78 is 0. The highest BCUT2D eigenvalue weighted by Gasteiger charge is 2.20. The fraction of sp³-hybridized carbons (Fsp3) is 0.462. The highest BCUT2D eigenvalue weighted by molar-refractivity contribution is 8.14. The number of benzene rings is 1. The zero-order valence-corrected chi connectivity index (χ0v) is 13.8. The van der Waals surface area contributed by atoms with Crippen LogP contribution in [0.5, 0.6) is 0 Å². The number of hydrogen-bond donors (Lipinski definition) is 1. The molecular formula is C13H15Cl3N2S. The summed E-state index contributed by atoms with van der Waals surface area (Å²) >= 11 is 19.9. The van der Waals surface area contributed by atoms with Crippen LogP contribution in [0.3, 0.4) is 0 Å². The molecule has 0 radical (unpaired) electrons. The molecule has 1 atom stereocenters. The monoisotopic (exact) mass is 336 g/mol. The fourth-order valence-electron chi connectivity index (χ4n) is 1.92. The Labute approximate surface area is 132 Å². The van der Waals surface area contributed by atoms with E-state index in [4.69, 9.17) is 34.8 Å². The van der Waals surface area contributed by atoms with Gasteiger partial charge in [-0.1, -0.05) is 60.4 Å². The second-order valence-electron chi connectivity index (χ2n) is 4.90. The summed E-state index contributed by atoms with van der Waals surface area (Å²) in [6.07, 6.45) is 1.10. The minimum Gasteiger partial charge on any atom is -0.333 e. The fourth-order valence-corrected chi connectivity index (χ4v) is 3.79. The number of aliphatic imine (C=N–C) groups is 1. The molecule has 1 N–H and O–H groups in total. The zero-order valence-electron chi connectivity index (χ0n) is 10.7. The Hall–Kier alpha value is -0.0900. The van der Waals surface area contributed by atoms with Crippen LogP contribution in [-0.4, -0.2) is 17.0 Å². The third kappa shape index (κ3) is 4.19. The van der Waals surface area contributed by atoms with Crippen LogP contribution in [0.2, 0.25) is 15.1 Å². The lowest BCUT2D eigenvalue weighted by molar-refractivity contribution is 0.529. The molecule has 0 aliphatic carbocycles. The van der Waals surface area contributed by atoms with Gasteiger partial charge in [-0.15, -0.1) is 0 Å². The lowest BCUT2D eigenvalue weighted by Gasteiger charge is -2.10. The predicted octanol–water partition coefficient (Wildman–Crippen LogP) is 5.58. The number of thioether (sulfide) groups is 1. The molecule has 2 nitrogen and oxygen atoms in total. The van der Waals surface area contributed by atoms with Gasteiger partial charge in [-0.05, 0) is 24.5 Å². The van der Waals surface area contributed by atoms with Gasteiger partial charge in [0, 0.05) is 10.8 Å². The van der Waals surface area contributed by atoms with Crippen LogP contribution in [0.25, 0.3) is 0 Å². The van der Waals surface area contributed by atoms with Crippen molar-refractivity contribution in [1.29, 1.82) is 0 Å². The molecule has 0 spiro atoms. The maximum absolute atomic E-state index is 6.14. The molecule has 1 aliphatic heterocycles. The van der Waals surface area contributed by atoms with E-state index in [2.05, 4.69) is 24.2 Å². The van der Waals surface area contributed by atoms with E-state index >= 15 is 0 Å². The van der Waals surface area contributed by atoms with Gasteiger partial charge in [0.05, 0.1) is 21.8 Å². The number of halogens is 3. The lowest BCUT2D eigenvalue weighted by Crippen LogP contribution is -2.08. The van der Waals surface area contributed by atoms with Gasteiger partial charge in [0.25, 0.3) is 0 Å². The first-order chi connectivity index (χ1) is 8.95. The molecule has 1 aromatic rings. The molecule has 1 aromatic carbocycles. The van der Waals surface area contributed by atoms with E-state index in [1.54, 1.807) is 23.9 Å². The summed E-state index contributed by atoms with van der Waals surface area (Å²) in [5.41, 5.74) is 0.671. The molecule has 1 unspecified atom stereocenters. The molecule has 0 bridgehead atoms. The minimum absolute atomic E-state index is 0.373. The average Bonchev–Trinajstić information content (AvgIpc) is 2.70. The Bertz CT molecular complexity index is 480. The summed E-state index contributed by atoms with van der Waals surface area (Å²) in [6, 6.07) is 3.71. The number of nitrogens with one attached hydrogen (secondary N) is 1. The first kappa shape index (κ1) is 15.3. The molecule has 1 aliphatic rings. The van der Waals surface area contributed by atoms with E-state index in [-0.39, 0.29) is 0 Å². The van der Waals surface area contributed by atoms with Crippen molar-refractivity contribution in [3.05, 3.63) is 27.2 Å². The van der Waals surface area contributed by atoms with Gasteiger partial charge in [-0.2, -0.15) is 0 Å². The number of rotatable bonds is 3. The third-order valence-electron chi connectivity index (χ3n) is 2.69. The van der Waals surface area contributed by atoms with Gasteiger partial charge < -0.3 is 5.32 Å². The normalized spacial score (nSPS) is 18.8. The largest absolute Gasteiger partial charge is 0.333 e. The molecule has 2 rings (SSSR count). The third-order valence-corrected chi connectivity index (χ3v) is 4.54. The highest BCUT2D eigenvalue weighted by atomic mass is 35.5. The maximum Gasteiger partial charge on any atom is 0.161 e. The average molecular weight is 338 g/mol. The summed E-state index contributed by atoms with van der Waals surface area (Å²) in [5.74, 6) is 1.65. The maximum atomic E-state index is 6.14. The zero-order chi connectivity index (χ0) is 14.0. The van der Waals surface area contributed by atoms with Crippen molar-refractivity contribution in [3.63, 3.8) is 0 Å². The first-order valence-electron chi connectivity index (χ1n) is 6.08. The Morgan fingerprint density at radius 3 is 2.53 bits per heavy atom. The topological polar surface area (TPSA) is 24.4 Å². The minimum atomic E-state index is 0.373. The van der Waals surface area contributed by atoms with Gasteiger partial charge in [-0.3, -0.25) is 4.99 Å². The second-order valence-corrected chi connectivity index (χ2v) is 7.16.